The summed E-state index contributed by atoms with van der Waals surface area (Å²) in [5.74, 6) is -2.03. The lowest BCUT2D eigenvalue weighted by atomic mass is 9.84. The van der Waals surface area contributed by atoms with Gasteiger partial charge in [0.2, 0.25) is 5.91 Å². The summed E-state index contributed by atoms with van der Waals surface area (Å²) in [5.41, 5.74) is 4.49. The molecule has 0 aromatic rings. The van der Waals surface area contributed by atoms with Crippen LogP contribution in [0.5, 0.6) is 0 Å². The predicted octanol–water partition coefficient (Wildman–Crippen LogP) is 0.0594. The zero-order chi connectivity index (χ0) is 9.52. The van der Waals surface area contributed by atoms with E-state index < -0.39 is 23.4 Å². The van der Waals surface area contributed by atoms with Crippen molar-refractivity contribution in [2.45, 2.75) is 26.4 Å². The second-order valence-electron chi connectivity index (χ2n) is 3.69. The fourth-order valence-electron chi connectivity index (χ4n) is 1.38. The monoisotopic (exact) mass is 171 g/mol. The molecule has 0 unspecified atom stereocenters. The molecule has 1 fully saturated rings. The molecule has 0 spiro atoms. The average Bonchev–Trinajstić information content (AvgIpc) is 2.02. The zero-order valence-electron chi connectivity index (χ0n) is 7.46. The van der Waals surface area contributed by atoms with Gasteiger partial charge in [0.1, 0.15) is 11.5 Å². The Hall–Kier alpha value is -1.06. The van der Waals surface area contributed by atoms with Crippen molar-refractivity contribution in [3.05, 3.63) is 0 Å². The fourth-order valence-corrected chi connectivity index (χ4v) is 1.38. The first-order valence-electron chi connectivity index (χ1n) is 3.88. The molecule has 1 aliphatic rings. The second-order valence-corrected chi connectivity index (χ2v) is 3.69. The van der Waals surface area contributed by atoms with Crippen molar-refractivity contribution in [2.24, 2.45) is 17.6 Å². The molecular weight excluding hydrogens is 158 g/mol. The van der Waals surface area contributed by atoms with Crippen molar-refractivity contribution in [2.75, 3.05) is 0 Å². The van der Waals surface area contributed by atoms with E-state index in [9.17, 15) is 9.59 Å². The first kappa shape index (κ1) is 9.03. The Balaban J connectivity index is 2.92. The Morgan fingerprint density at radius 2 is 2.08 bits per heavy atom. The smallest absolute Gasteiger partial charge is 0.319 e. The minimum Gasteiger partial charge on any atom is -0.459 e. The van der Waals surface area contributed by atoms with Gasteiger partial charge < -0.3 is 10.5 Å². The number of rotatable bonds is 1. The van der Waals surface area contributed by atoms with Crippen LogP contribution in [-0.2, 0) is 14.3 Å². The molecule has 2 N–H and O–H groups in total. The maximum absolute atomic E-state index is 11.1. The van der Waals surface area contributed by atoms with Crippen LogP contribution in [0.15, 0.2) is 0 Å². The van der Waals surface area contributed by atoms with Crippen molar-refractivity contribution < 1.29 is 14.3 Å². The minimum atomic E-state index is -0.778. The molecule has 2 atom stereocenters. The fraction of sp³-hybridized carbons (Fsp3) is 0.750. The van der Waals surface area contributed by atoms with Crippen molar-refractivity contribution >= 4 is 11.9 Å². The van der Waals surface area contributed by atoms with E-state index in [1.165, 1.54) is 0 Å². The van der Waals surface area contributed by atoms with Gasteiger partial charge in [-0.1, -0.05) is 6.92 Å². The molecule has 0 radical (unpaired) electrons. The lowest BCUT2D eigenvalue weighted by Gasteiger charge is -2.21. The summed E-state index contributed by atoms with van der Waals surface area (Å²) in [6.07, 6.45) is 0. The standard InChI is InChI=1S/C8H13NO3/c1-4-5(6(9)10)7(11)12-8(4,2)3/h4-5H,1-3H3,(H2,9,10)/t4-,5+/m0/s1. The second kappa shape index (κ2) is 2.47. The van der Waals surface area contributed by atoms with Gasteiger partial charge in [-0.2, -0.15) is 0 Å². The van der Waals surface area contributed by atoms with Gasteiger partial charge in [-0.05, 0) is 13.8 Å². The van der Waals surface area contributed by atoms with E-state index in [1.807, 2.05) is 0 Å². The molecule has 1 rings (SSSR count). The molecule has 1 saturated heterocycles. The SMILES string of the molecule is C[C@H]1[C@H](C(N)=O)C(=O)OC1(C)C. The first-order chi connectivity index (χ1) is 5.36. The number of ether oxygens (including phenoxy) is 1. The number of cyclic esters (lactones) is 1. The maximum atomic E-state index is 11.1. The molecule has 0 aromatic heterocycles. The third kappa shape index (κ3) is 1.17. The van der Waals surface area contributed by atoms with Crippen LogP contribution in [0.1, 0.15) is 20.8 Å². The van der Waals surface area contributed by atoms with Gasteiger partial charge >= 0.3 is 5.97 Å². The lowest BCUT2D eigenvalue weighted by molar-refractivity contribution is -0.150. The zero-order valence-corrected chi connectivity index (χ0v) is 7.46. The average molecular weight is 171 g/mol. The molecule has 4 nitrogen and oxygen atoms in total. The van der Waals surface area contributed by atoms with Gasteiger partial charge in [0, 0.05) is 5.92 Å². The number of carbonyl (C=O) groups is 2. The van der Waals surface area contributed by atoms with Crippen molar-refractivity contribution in [1.29, 1.82) is 0 Å². The van der Waals surface area contributed by atoms with Gasteiger partial charge in [0.25, 0.3) is 0 Å². The van der Waals surface area contributed by atoms with Crippen LogP contribution in [0.25, 0.3) is 0 Å². The molecule has 0 saturated carbocycles. The molecule has 1 heterocycles. The molecule has 1 amide bonds. The number of esters is 1. The third-order valence-corrected chi connectivity index (χ3v) is 2.52. The molecule has 68 valence electrons. The Morgan fingerprint density at radius 1 is 1.58 bits per heavy atom. The van der Waals surface area contributed by atoms with Crippen LogP contribution in [-0.4, -0.2) is 17.5 Å². The van der Waals surface area contributed by atoms with Crippen LogP contribution in [0, 0.1) is 11.8 Å². The van der Waals surface area contributed by atoms with Crippen molar-refractivity contribution in [3.8, 4) is 0 Å². The van der Waals surface area contributed by atoms with Crippen LogP contribution in [0.3, 0.4) is 0 Å². The number of nitrogens with two attached hydrogens (primary N) is 1. The number of amides is 1. The minimum absolute atomic E-state index is 0.150. The Morgan fingerprint density at radius 3 is 2.25 bits per heavy atom. The van der Waals surface area contributed by atoms with E-state index >= 15 is 0 Å². The van der Waals surface area contributed by atoms with Crippen molar-refractivity contribution in [1.82, 2.24) is 0 Å². The van der Waals surface area contributed by atoms with Gasteiger partial charge in [0.05, 0.1) is 0 Å². The molecule has 1 aliphatic heterocycles. The Kier molecular flexibility index (Phi) is 1.86. The van der Waals surface area contributed by atoms with E-state index in [0.717, 1.165) is 0 Å². The summed E-state index contributed by atoms with van der Waals surface area (Å²) >= 11 is 0. The Bertz CT molecular complexity index is 234. The summed E-state index contributed by atoms with van der Waals surface area (Å²) in [7, 11) is 0. The van der Waals surface area contributed by atoms with Gasteiger partial charge in [-0.25, -0.2) is 0 Å². The largest absolute Gasteiger partial charge is 0.459 e. The summed E-state index contributed by atoms with van der Waals surface area (Å²) in [6, 6.07) is 0. The van der Waals surface area contributed by atoms with Crippen LogP contribution in [0.4, 0.5) is 0 Å². The molecule has 0 bridgehead atoms. The highest BCUT2D eigenvalue weighted by Gasteiger charge is 2.49. The molecule has 4 heteroatoms. The number of carbonyl (C=O) groups excluding carboxylic acids is 2. The van der Waals surface area contributed by atoms with Crippen molar-refractivity contribution in [3.63, 3.8) is 0 Å². The van der Waals surface area contributed by atoms with E-state index in [4.69, 9.17) is 10.5 Å². The van der Waals surface area contributed by atoms with Gasteiger partial charge in [0.15, 0.2) is 0 Å². The van der Waals surface area contributed by atoms with Gasteiger partial charge in [-0.3, -0.25) is 9.59 Å². The molecule has 0 aromatic carbocycles. The predicted molar refractivity (Wildman–Crippen MR) is 42.0 cm³/mol. The number of hydrogen-bond acceptors (Lipinski definition) is 3. The van der Waals surface area contributed by atoms with E-state index in [2.05, 4.69) is 0 Å². The normalized spacial score (nSPS) is 33.1. The summed E-state index contributed by atoms with van der Waals surface area (Å²) in [5, 5.41) is 0. The molecule has 0 aliphatic carbocycles. The van der Waals surface area contributed by atoms with Crippen LogP contribution in [0.2, 0.25) is 0 Å². The topological polar surface area (TPSA) is 69.4 Å². The summed E-state index contributed by atoms with van der Waals surface area (Å²) in [4.78, 5) is 22.0. The highest BCUT2D eigenvalue weighted by Crippen LogP contribution is 2.36. The van der Waals surface area contributed by atoms with E-state index in [1.54, 1.807) is 20.8 Å². The summed E-state index contributed by atoms with van der Waals surface area (Å²) in [6.45, 7) is 5.34. The molecular formula is C8H13NO3. The van der Waals surface area contributed by atoms with E-state index in [-0.39, 0.29) is 5.92 Å². The lowest BCUT2D eigenvalue weighted by Crippen LogP contribution is -2.34. The molecule has 12 heavy (non-hydrogen) atoms. The highest BCUT2D eigenvalue weighted by molar-refractivity contribution is 5.98. The quantitative estimate of drug-likeness (QED) is 0.448. The van der Waals surface area contributed by atoms with E-state index in [0.29, 0.717) is 0 Å². The Labute approximate surface area is 71.1 Å². The third-order valence-electron chi connectivity index (χ3n) is 2.52. The highest BCUT2D eigenvalue weighted by atomic mass is 16.6. The number of hydrogen-bond donors (Lipinski definition) is 1. The van der Waals surface area contributed by atoms with Crippen LogP contribution < -0.4 is 5.73 Å². The van der Waals surface area contributed by atoms with Gasteiger partial charge in [-0.15, -0.1) is 0 Å². The van der Waals surface area contributed by atoms with Crippen LogP contribution >= 0.6 is 0 Å². The first-order valence-corrected chi connectivity index (χ1v) is 3.88. The maximum Gasteiger partial charge on any atom is 0.319 e. The number of primary amides is 1. The summed E-state index contributed by atoms with van der Waals surface area (Å²) < 4.78 is 5.00.